The van der Waals surface area contributed by atoms with Crippen LogP contribution in [0.3, 0.4) is 0 Å². The molecule has 0 aliphatic carbocycles. The van der Waals surface area contributed by atoms with Gasteiger partial charge in [0.2, 0.25) is 0 Å². The van der Waals surface area contributed by atoms with Crippen LogP contribution in [0.4, 0.5) is 0 Å². The summed E-state index contributed by atoms with van der Waals surface area (Å²) in [4.78, 5) is 30.4. The molecule has 132 valence electrons. The topological polar surface area (TPSA) is 78.4 Å². The molecule has 2 aromatic rings. The Morgan fingerprint density at radius 2 is 1.29 bits per heavy atom. The van der Waals surface area contributed by atoms with Crippen LogP contribution in [-0.2, 0) is 19.1 Å². The Balaban J connectivity index is 0.000000240. The molecule has 0 aliphatic heterocycles. The van der Waals surface area contributed by atoms with Crippen molar-refractivity contribution in [1.82, 2.24) is 9.97 Å². The van der Waals surface area contributed by atoms with E-state index in [2.05, 4.69) is 9.97 Å². The summed E-state index contributed by atoms with van der Waals surface area (Å²) in [6.45, 7) is 8.05. The van der Waals surface area contributed by atoms with E-state index < -0.39 is 0 Å². The maximum absolute atomic E-state index is 11.2. The second-order valence-electron chi connectivity index (χ2n) is 4.69. The van der Waals surface area contributed by atoms with Crippen molar-refractivity contribution in [3.8, 4) is 0 Å². The van der Waals surface area contributed by atoms with E-state index in [1.807, 2.05) is 10.8 Å². The first-order valence-corrected chi connectivity index (χ1v) is 9.39. The number of aromatic nitrogens is 2. The van der Waals surface area contributed by atoms with E-state index in [4.69, 9.17) is 9.47 Å². The molecule has 2 heterocycles. The van der Waals surface area contributed by atoms with Gasteiger partial charge in [-0.3, -0.25) is 9.59 Å². The van der Waals surface area contributed by atoms with Gasteiger partial charge in [-0.25, -0.2) is 9.97 Å². The van der Waals surface area contributed by atoms with Gasteiger partial charge < -0.3 is 9.47 Å². The molecule has 0 N–H and O–H groups in total. The highest BCUT2D eigenvalue weighted by molar-refractivity contribution is 7.10. The largest absolute Gasteiger partial charge is 0.465 e. The number of ether oxygens (including phenoxy) is 2. The Morgan fingerprint density at radius 1 is 0.917 bits per heavy atom. The van der Waals surface area contributed by atoms with Crippen molar-refractivity contribution in [2.75, 3.05) is 13.2 Å². The van der Waals surface area contributed by atoms with Crippen molar-refractivity contribution in [2.45, 2.75) is 39.5 Å². The minimum atomic E-state index is -0.232. The summed E-state index contributed by atoms with van der Waals surface area (Å²) in [5, 5.41) is 5.33. The quantitative estimate of drug-likeness (QED) is 0.723. The van der Waals surface area contributed by atoms with Crippen LogP contribution < -0.4 is 0 Å². The third kappa shape index (κ3) is 6.37. The fourth-order valence-corrected chi connectivity index (χ4v) is 3.00. The van der Waals surface area contributed by atoms with E-state index in [9.17, 15) is 9.59 Å². The van der Waals surface area contributed by atoms with E-state index in [0.29, 0.717) is 13.2 Å². The lowest BCUT2D eigenvalue weighted by Crippen LogP contribution is -2.12. The number of thiazole rings is 2. The molecule has 0 bridgehead atoms. The van der Waals surface area contributed by atoms with Gasteiger partial charge in [-0.1, -0.05) is 0 Å². The normalized spacial score (nSPS) is 12.5. The number of carbonyl (C=O) groups is 2. The van der Waals surface area contributed by atoms with Crippen molar-refractivity contribution in [3.63, 3.8) is 0 Å². The zero-order valence-corrected chi connectivity index (χ0v) is 15.9. The summed E-state index contributed by atoms with van der Waals surface area (Å²) in [5.74, 6) is -0.866. The Bertz CT molecular complexity index is 545. The van der Waals surface area contributed by atoms with Crippen molar-refractivity contribution in [1.29, 1.82) is 0 Å². The Morgan fingerprint density at radius 3 is 1.54 bits per heavy atom. The third-order valence-electron chi connectivity index (χ3n) is 2.92. The molecule has 2 unspecified atom stereocenters. The van der Waals surface area contributed by atoms with Crippen LogP contribution in [0.25, 0.3) is 0 Å². The molecule has 0 amide bonds. The van der Waals surface area contributed by atoms with Gasteiger partial charge in [-0.15, -0.1) is 22.7 Å². The van der Waals surface area contributed by atoms with Gasteiger partial charge >= 0.3 is 11.9 Å². The maximum atomic E-state index is 11.2. The van der Waals surface area contributed by atoms with Gasteiger partial charge in [0.05, 0.1) is 13.2 Å². The third-order valence-corrected chi connectivity index (χ3v) is 4.84. The number of rotatable bonds is 6. The molecule has 0 aliphatic rings. The lowest BCUT2D eigenvalue weighted by atomic mass is 10.2. The molecule has 0 spiro atoms. The minimum absolute atomic E-state index is 0.201. The number of hydrogen-bond acceptors (Lipinski definition) is 8. The average Bonchev–Trinajstić information content (AvgIpc) is 3.27. The monoisotopic (exact) mass is 370 g/mol. The first-order valence-electron chi connectivity index (χ1n) is 7.63. The average molecular weight is 370 g/mol. The van der Waals surface area contributed by atoms with E-state index in [-0.39, 0.29) is 23.8 Å². The van der Waals surface area contributed by atoms with Crippen molar-refractivity contribution >= 4 is 34.6 Å². The zero-order chi connectivity index (χ0) is 17.9. The van der Waals surface area contributed by atoms with E-state index in [1.165, 1.54) is 22.7 Å². The summed E-state index contributed by atoms with van der Waals surface area (Å²) < 4.78 is 9.71. The fourth-order valence-electron chi connectivity index (χ4n) is 1.63. The van der Waals surface area contributed by atoms with Crippen LogP contribution in [0.1, 0.15) is 49.5 Å². The number of esters is 2. The second-order valence-corrected chi connectivity index (χ2v) is 6.54. The standard InChI is InChI=1S/2C8H11NO2S/c2*1-3-11-8(10)6(2)7-9-4-5-12-7/h2*4-6H,3H2,1-2H3. The highest BCUT2D eigenvalue weighted by Crippen LogP contribution is 2.19. The molecule has 6 nitrogen and oxygen atoms in total. The van der Waals surface area contributed by atoms with Crippen LogP contribution in [-0.4, -0.2) is 35.1 Å². The van der Waals surface area contributed by atoms with Crippen LogP contribution in [0, 0.1) is 0 Å². The lowest BCUT2D eigenvalue weighted by Gasteiger charge is -2.06. The zero-order valence-electron chi connectivity index (χ0n) is 14.2. The molecule has 0 fully saturated rings. The van der Waals surface area contributed by atoms with Gasteiger partial charge in [0.1, 0.15) is 21.9 Å². The summed E-state index contributed by atoms with van der Waals surface area (Å²) in [5.41, 5.74) is 0. The van der Waals surface area contributed by atoms with Gasteiger partial charge in [-0.2, -0.15) is 0 Å². The predicted molar refractivity (Wildman–Crippen MR) is 94.3 cm³/mol. The van der Waals surface area contributed by atoms with Crippen LogP contribution in [0.15, 0.2) is 23.2 Å². The van der Waals surface area contributed by atoms with Crippen molar-refractivity contribution in [2.24, 2.45) is 0 Å². The Labute approximate surface area is 149 Å². The smallest absolute Gasteiger partial charge is 0.315 e. The highest BCUT2D eigenvalue weighted by Gasteiger charge is 2.18. The Hall–Kier alpha value is -1.80. The van der Waals surface area contributed by atoms with E-state index >= 15 is 0 Å². The molecule has 2 aromatic heterocycles. The number of nitrogens with zero attached hydrogens (tertiary/aromatic N) is 2. The first kappa shape index (κ1) is 20.2. The van der Waals surface area contributed by atoms with E-state index in [0.717, 1.165) is 10.0 Å². The van der Waals surface area contributed by atoms with Crippen molar-refractivity contribution in [3.05, 3.63) is 33.2 Å². The predicted octanol–water partition coefficient (Wildman–Crippen LogP) is 3.62. The summed E-state index contributed by atoms with van der Waals surface area (Å²) in [7, 11) is 0. The second kappa shape index (κ2) is 10.9. The molecule has 0 radical (unpaired) electrons. The molecule has 2 atom stereocenters. The molecular weight excluding hydrogens is 348 g/mol. The molecule has 0 aromatic carbocycles. The van der Waals surface area contributed by atoms with Gasteiger partial charge in [0, 0.05) is 23.2 Å². The molecule has 0 saturated carbocycles. The Kier molecular flexibility index (Phi) is 9.18. The summed E-state index contributed by atoms with van der Waals surface area (Å²) in [6, 6.07) is 0. The van der Waals surface area contributed by atoms with E-state index in [1.54, 1.807) is 40.1 Å². The number of hydrogen-bond donors (Lipinski definition) is 0. The van der Waals surface area contributed by atoms with Gasteiger partial charge in [-0.05, 0) is 27.7 Å². The minimum Gasteiger partial charge on any atom is -0.465 e. The van der Waals surface area contributed by atoms with Crippen LogP contribution >= 0.6 is 22.7 Å². The molecule has 8 heteroatoms. The molecule has 24 heavy (non-hydrogen) atoms. The first-order chi connectivity index (χ1) is 11.5. The van der Waals surface area contributed by atoms with Crippen LogP contribution in [0.2, 0.25) is 0 Å². The van der Waals surface area contributed by atoms with Gasteiger partial charge in [0.15, 0.2) is 0 Å². The van der Waals surface area contributed by atoms with Crippen LogP contribution in [0.5, 0.6) is 0 Å². The summed E-state index contributed by atoms with van der Waals surface area (Å²) >= 11 is 2.95. The molecule has 0 saturated heterocycles. The SMILES string of the molecule is CCOC(=O)C(C)c1nccs1.CCOC(=O)C(C)c1nccs1. The highest BCUT2D eigenvalue weighted by atomic mass is 32.1. The summed E-state index contributed by atoms with van der Waals surface area (Å²) in [6.07, 6.45) is 3.38. The van der Waals surface area contributed by atoms with Gasteiger partial charge in [0.25, 0.3) is 0 Å². The maximum Gasteiger partial charge on any atom is 0.315 e. The van der Waals surface area contributed by atoms with Crippen molar-refractivity contribution < 1.29 is 19.1 Å². The molecule has 2 rings (SSSR count). The molecular formula is C16H22N2O4S2. The lowest BCUT2D eigenvalue weighted by molar-refractivity contribution is -0.145. The fraction of sp³-hybridized carbons (Fsp3) is 0.500. The number of carbonyl (C=O) groups excluding carboxylic acids is 2.